The van der Waals surface area contributed by atoms with Crippen LogP contribution in [0.2, 0.25) is 0 Å². The molecule has 1 amide bonds. The van der Waals surface area contributed by atoms with Gasteiger partial charge < -0.3 is 10.5 Å². The van der Waals surface area contributed by atoms with Crippen LogP contribution in [0.15, 0.2) is 66.4 Å². The number of carbonyl (C=O) groups excluding carboxylic acids is 1. The molecule has 0 fully saturated rings. The van der Waals surface area contributed by atoms with Gasteiger partial charge in [0.15, 0.2) is 0 Å². The maximum atomic E-state index is 11.8. The Hall–Kier alpha value is -3.41. The van der Waals surface area contributed by atoms with E-state index in [1.54, 1.807) is 17.9 Å². The molecule has 3 aromatic rings. The number of carbonyl (C=O) groups is 1. The SMILES string of the molecule is COc1cccc(Cn2cc(CC(=Cc3ccccc3)C(N)=O)nn2)c1. The molecular weight excluding hydrogens is 328 g/mol. The number of hydrogen-bond donors (Lipinski definition) is 1. The Balaban J connectivity index is 1.74. The van der Waals surface area contributed by atoms with Crippen molar-refractivity contribution < 1.29 is 9.53 Å². The standard InChI is InChI=1S/C20H20N4O2/c1-26-19-9-5-8-16(11-19)13-24-14-18(22-23-24)12-17(20(21)25)10-15-6-3-2-4-7-15/h2-11,14H,12-13H2,1H3,(H2,21,25). The van der Waals surface area contributed by atoms with Gasteiger partial charge in [0.05, 0.1) is 19.3 Å². The van der Waals surface area contributed by atoms with E-state index in [0.717, 1.165) is 16.9 Å². The van der Waals surface area contributed by atoms with E-state index in [-0.39, 0.29) is 0 Å². The Morgan fingerprint density at radius 1 is 1.19 bits per heavy atom. The summed E-state index contributed by atoms with van der Waals surface area (Å²) in [5.74, 6) is 0.334. The zero-order valence-electron chi connectivity index (χ0n) is 14.5. The largest absolute Gasteiger partial charge is 0.497 e. The topological polar surface area (TPSA) is 83.0 Å². The van der Waals surface area contributed by atoms with Gasteiger partial charge in [0.2, 0.25) is 5.91 Å². The molecule has 0 aliphatic heterocycles. The molecule has 6 heteroatoms. The lowest BCUT2D eigenvalue weighted by Gasteiger charge is -2.04. The summed E-state index contributed by atoms with van der Waals surface area (Å²) in [6, 6.07) is 17.4. The first-order valence-corrected chi connectivity index (χ1v) is 8.21. The summed E-state index contributed by atoms with van der Waals surface area (Å²) < 4.78 is 6.96. The van der Waals surface area contributed by atoms with Gasteiger partial charge in [-0.05, 0) is 29.3 Å². The number of amides is 1. The minimum absolute atomic E-state index is 0.336. The Bertz CT molecular complexity index is 916. The Morgan fingerprint density at radius 2 is 2.00 bits per heavy atom. The number of primary amides is 1. The smallest absolute Gasteiger partial charge is 0.245 e. The first-order valence-electron chi connectivity index (χ1n) is 8.21. The van der Waals surface area contributed by atoms with E-state index in [9.17, 15) is 4.79 Å². The summed E-state index contributed by atoms with van der Waals surface area (Å²) in [4.78, 5) is 11.8. The Kier molecular flexibility index (Phi) is 5.43. The first kappa shape index (κ1) is 17.4. The number of nitrogens with zero attached hydrogens (tertiary/aromatic N) is 3. The van der Waals surface area contributed by atoms with Gasteiger partial charge in [-0.25, -0.2) is 4.68 Å². The van der Waals surface area contributed by atoms with Crippen molar-refractivity contribution in [3.8, 4) is 5.75 Å². The third-order valence-electron chi connectivity index (χ3n) is 3.89. The van der Waals surface area contributed by atoms with Crippen LogP contribution in [0.5, 0.6) is 5.75 Å². The number of ether oxygens (including phenoxy) is 1. The molecule has 6 nitrogen and oxygen atoms in total. The van der Waals surface area contributed by atoms with Crippen molar-refractivity contribution in [1.29, 1.82) is 0 Å². The average Bonchev–Trinajstić information content (AvgIpc) is 3.09. The maximum absolute atomic E-state index is 11.8. The summed E-state index contributed by atoms with van der Waals surface area (Å²) in [7, 11) is 1.64. The number of rotatable bonds is 7. The molecule has 1 heterocycles. The van der Waals surface area contributed by atoms with Crippen LogP contribution in [0.1, 0.15) is 16.8 Å². The van der Waals surface area contributed by atoms with Crippen LogP contribution < -0.4 is 10.5 Å². The van der Waals surface area contributed by atoms with E-state index < -0.39 is 5.91 Å². The molecule has 0 unspecified atom stereocenters. The fraction of sp³-hybridized carbons (Fsp3) is 0.150. The summed E-state index contributed by atoms with van der Waals surface area (Å²) >= 11 is 0. The lowest BCUT2D eigenvalue weighted by atomic mass is 10.1. The van der Waals surface area contributed by atoms with Gasteiger partial charge in [0.1, 0.15) is 5.75 Å². The molecular formula is C20H20N4O2. The molecule has 0 aliphatic rings. The number of benzene rings is 2. The van der Waals surface area contributed by atoms with Crippen LogP contribution in [-0.2, 0) is 17.8 Å². The molecule has 2 aromatic carbocycles. The molecule has 1 aromatic heterocycles. The molecule has 0 aliphatic carbocycles. The average molecular weight is 348 g/mol. The van der Waals surface area contributed by atoms with Crippen molar-refractivity contribution >= 4 is 12.0 Å². The predicted molar refractivity (Wildman–Crippen MR) is 99.4 cm³/mol. The van der Waals surface area contributed by atoms with Crippen molar-refractivity contribution in [1.82, 2.24) is 15.0 Å². The summed E-state index contributed by atoms with van der Waals surface area (Å²) in [5, 5.41) is 8.28. The molecule has 132 valence electrons. The highest BCUT2D eigenvalue weighted by atomic mass is 16.5. The van der Waals surface area contributed by atoms with E-state index in [1.165, 1.54) is 0 Å². The molecule has 0 atom stereocenters. The van der Waals surface area contributed by atoms with Gasteiger partial charge in [-0.1, -0.05) is 47.7 Å². The molecule has 0 saturated heterocycles. The molecule has 0 bridgehead atoms. The summed E-state index contributed by atoms with van der Waals surface area (Å²) in [5.41, 5.74) is 8.67. The van der Waals surface area contributed by atoms with Crippen LogP contribution in [-0.4, -0.2) is 28.0 Å². The molecule has 0 spiro atoms. The number of aromatic nitrogens is 3. The van der Waals surface area contributed by atoms with Gasteiger partial charge in [-0.15, -0.1) is 5.10 Å². The van der Waals surface area contributed by atoms with Crippen LogP contribution >= 0.6 is 0 Å². The maximum Gasteiger partial charge on any atom is 0.245 e. The van der Waals surface area contributed by atoms with E-state index in [4.69, 9.17) is 10.5 Å². The van der Waals surface area contributed by atoms with E-state index in [1.807, 2.05) is 60.8 Å². The lowest BCUT2D eigenvalue weighted by Crippen LogP contribution is -2.15. The van der Waals surface area contributed by atoms with Crippen molar-refractivity contribution in [2.24, 2.45) is 5.73 Å². The predicted octanol–water partition coefficient (Wildman–Crippen LogP) is 2.45. The van der Waals surface area contributed by atoms with Gasteiger partial charge in [-0.3, -0.25) is 4.79 Å². The summed E-state index contributed by atoms with van der Waals surface area (Å²) in [6.07, 6.45) is 3.94. The van der Waals surface area contributed by atoms with Gasteiger partial charge in [-0.2, -0.15) is 0 Å². The van der Waals surface area contributed by atoms with E-state index in [0.29, 0.717) is 24.2 Å². The van der Waals surface area contributed by atoms with Crippen molar-refractivity contribution in [3.05, 3.63) is 83.2 Å². The second-order valence-corrected chi connectivity index (χ2v) is 5.88. The first-order chi connectivity index (χ1) is 12.6. The van der Waals surface area contributed by atoms with E-state index >= 15 is 0 Å². The molecule has 0 radical (unpaired) electrons. The minimum Gasteiger partial charge on any atom is -0.497 e. The van der Waals surface area contributed by atoms with Crippen molar-refractivity contribution in [3.63, 3.8) is 0 Å². The molecule has 3 rings (SSSR count). The lowest BCUT2D eigenvalue weighted by molar-refractivity contribution is -0.114. The third-order valence-corrected chi connectivity index (χ3v) is 3.89. The van der Waals surface area contributed by atoms with Gasteiger partial charge in [0, 0.05) is 18.2 Å². The number of methoxy groups -OCH3 is 1. The summed E-state index contributed by atoms with van der Waals surface area (Å²) in [6.45, 7) is 0.568. The quantitative estimate of drug-likeness (QED) is 0.665. The zero-order valence-corrected chi connectivity index (χ0v) is 14.5. The van der Waals surface area contributed by atoms with Crippen molar-refractivity contribution in [2.45, 2.75) is 13.0 Å². The van der Waals surface area contributed by atoms with Gasteiger partial charge in [0.25, 0.3) is 0 Å². The minimum atomic E-state index is -0.462. The highest BCUT2D eigenvalue weighted by Crippen LogP contribution is 2.14. The van der Waals surface area contributed by atoms with Gasteiger partial charge >= 0.3 is 0 Å². The van der Waals surface area contributed by atoms with Crippen molar-refractivity contribution in [2.75, 3.05) is 7.11 Å². The van der Waals surface area contributed by atoms with Crippen LogP contribution in [0, 0.1) is 0 Å². The Labute approximate surface area is 151 Å². The second kappa shape index (κ2) is 8.11. The highest BCUT2D eigenvalue weighted by molar-refractivity contribution is 5.96. The Morgan fingerprint density at radius 3 is 2.73 bits per heavy atom. The number of hydrogen-bond acceptors (Lipinski definition) is 4. The highest BCUT2D eigenvalue weighted by Gasteiger charge is 2.10. The fourth-order valence-corrected chi connectivity index (χ4v) is 2.61. The third kappa shape index (κ3) is 4.57. The molecule has 0 saturated carbocycles. The van der Waals surface area contributed by atoms with Crippen LogP contribution in [0.4, 0.5) is 0 Å². The molecule has 2 N–H and O–H groups in total. The monoisotopic (exact) mass is 348 g/mol. The van der Waals surface area contributed by atoms with Crippen LogP contribution in [0.3, 0.4) is 0 Å². The zero-order chi connectivity index (χ0) is 18.4. The van der Waals surface area contributed by atoms with E-state index in [2.05, 4.69) is 10.3 Å². The fourth-order valence-electron chi connectivity index (χ4n) is 2.61. The second-order valence-electron chi connectivity index (χ2n) is 5.88. The normalized spacial score (nSPS) is 11.3. The number of nitrogens with two attached hydrogens (primary N) is 1. The molecule has 26 heavy (non-hydrogen) atoms. The van der Waals surface area contributed by atoms with Crippen LogP contribution in [0.25, 0.3) is 6.08 Å².